The molecule has 2 aromatic heterocycles. The van der Waals surface area contributed by atoms with E-state index in [1.54, 1.807) is 6.07 Å². The molecule has 2 saturated heterocycles. The van der Waals surface area contributed by atoms with Gasteiger partial charge >= 0.3 is 0 Å². The zero-order valence-corrected chi connectivity index (χ0v) is 19.2. The summed E-state index contributed by atoms with van der Waals surface area (Å²) in [7, 11) is 0. The lowest BCUT2D eigenvalue weighted by molar-refractivity contribution is -0.922. The summed E-state index contributed by atoms with van der Waals surface area (Å²) in [5.41, 5.74) is 2.42. The number of nitrogens with one attached hydrogen (secondary N) is 1. The second-order valence-corrected chi connectivity index (χ2v) is 10.1. The minimum Gasteiger partial charge on any atom is -0.506 e. The predicted molar refractivity (Wildman–Crippen MR) is 127 cm³/mol. The molecule has 0 atom stereocenters. The molecule has 6 rings (SSSR count). The second-order valence-electron chi connectivity index (χ2n) is 9.00. The van der Waals surface area contributed by atoms with Crippen molar-refractivity contribution in [2.75, 3.05) is 62.3 Å². The molecule has 0 amide bonds. The van der Waals surface area contributed by atoms with Gasteiger partial charge in [0.05, 0.1) is 24.3 Å². The molecule has 0 bridgehead atoms. The van der Waals surface area contributed by atoms with Gasteiger partial charge in [0.25, 0.3) is 0 Å². The number of aromatic hydroxyl groups is 1. The zero-order valence-electron chi connectivity index (χ0n) is 18.3. The second kappa shape index (κ2) is 8.50. The molecule has 3 aromatic rings. The van der Waals surface area contributed by atoms with Crippen LogP contribution < -0.4 is 14.7 Å². The lowest BCUT2D eigenvalue weighted by atomic mass is 10.1. The Labute approximate surface area is 192 Å². The van der Waals surface area contributed by atoms with E-state index in [0.717, 1.165) is 82.8 Å². The van der Waals surface area contributed by atoms with Crippen molar-refractivity contribution in [3.8, 4) is 5.75 Å². The number of piperazine rings is 1. The van der Waals surface area contributed by atoms with E-state index < -0.39 is 0 Å². The molecule has 1 aromatic carbocycles. The fourth-order valence-corrected chi connectivity index (χ4v) is 6.55. The van der Waals surface area contributed by atoms with Gasteiger partial charge in [0.15, 0.2) is 5.82 Å². The summed E-state index contributed by atoms with van der Waals surface area (Å²) < 4.78 is 5.53. The highest BCUT2D eigenvalue weighted by molar-refractivity contribution is 7.19. The Morgan fingerprint density at radius 1 is 1.00 bits per heavy atom. The number of para-hydroxylation sites is 2. The molecule has 7 nitrogen and oxygen atoms in total. The number of aryl methyl sites for hydroxylation is 2. The maximum Gasteiger partial charge on any atom is 0.187 e. The number of aromatic nitrogens is 2. The SMILES string of the molecule is Oc1ccccc1N1CCN(c2nc(C[NH+]3CCOCC3)nc3sc4c(c23)CCC4)CC1. The van der Waals surface area contributed by atoms with E-state index >= 15 is 0 Å². The van der Waals surface area contributed by atoms with Gasteiger partial charge < -0.3 is 24.5 Å². The largest absolute Gasteiger partial charge is 0.506 e. The van der Waals surface area contributed by atoms with Gasteiger partial charge in [0.2, 0.25) is 0 Å². The fraction of sp³-hybridized carbons (Fsp3) is 0.500. The van der Waals surface area contributed by atoms with Crippen LogP contribution in [0, 0.1) is 0 Å². The Bertz CT molecular complexity index is 1120. The van der Waals surface area contributed by atoms with Crippen LogP contribution in [0.4, 0.5) is 11.5 Å². The van der Waals surface area contributed by atoms with Gasteiger partial charge in [-0.2, -0.15) is 0 Å². The molecule has 1 aliphatic carbocycles. The maximum absolute atomic E-state index is 10.3. The quantitative estimate of drug-likeness (QED) is 0.627. The van der Waals surface area contributed by atoms with Gasteiger partial charge in [-0.15, -0.1) is 11.3 Å². The van der Waals surface area contributed by atoms with Gasteiger partial charge in [0, 0.05) is 31.1 Å². The number of nitrogens with zero attached hydrogens (tertiary/aromatic N) is 4. The number of phenolic OH excluding ortho intramolecular Hbond substituents is 1. The lowest BCUT2D eigenvalue weighted by Gasteiger charge is -2.37. The van der Waals surface area contributed by atoms with Crippen molar-refractivity contribution in [1.82, 2.24) is 9.97 Å². The van der Waals surface area contributed by atoms with Crippen molar-refractivity contribution in [3.63, 3.8) is 0 Å². The number of hydrogen-bond acceptors (Lipinski definition) is 7. The molecular formula is C24H30N5O2S+. The van der Waals surface area contributed by atoms with E-state index in [1.807, 2.05) is 29.5 Å². The van der Waals surface area contributed by atoms with Gasteiger partial charge in [0.1, 0.15) is 36.0 Å². The smallest absolute Gasteiger partial charge is 0.187 e. The number of quaternary nitrogens is 1. The molecule has 3 aliphatic rings. The van der Waals surface area contributed by atoms with E-state index in [4.69, 9.17) is 14.7 Å². The lowest BCUT2D eigenvalue weighted by Crippen LogP contribution is -3.12. The monoisotopic (exact) mass is 452 g/mol. The minimum atomic E-state index is 0.358. The third kappa shape index (κ3) is 3.70. The van der Waals surface area contributed by atoms with Crippen molar-refractivity contribution < 1.29 is 14.7 Å². The van der Waals surface area contributed by atoms with Gasteiger partial charge in [-0.05, 0) is 37.0 Å². The number of benzene rings is 1. The molecular weight excluding hydrogens is 422 g/mol. The van der Waals surface area contributed by atoms with Crippen molar-refractivity contribution in [2.24, 2.45) is 0 Å². The van der Waals surface area contributed by atoms with Crippen LogP contribution in [0.5, 0.6) is 5.75 Å². The summed E-state index contributed by atoms with van der Waals surface area (Å²) >= 11 is 1.88. The predicted octanol–water partition coefficient (Wildman–Crippen LogP) is 1.63. The molecule has 0 spiro atoms. The topological polar surface area (TPSA) is 66.2 Å². The number of thiophene rings is 1. The highest BCUT2D eigenvalue weighted by Crippen LogP contribution is 2.41. The highest BCUT2D eigenvalue weighted by Gasteiger charge is 2.28. The third-order valence-corrected chi connectivity index (χ3v) is 8.19. The number of ether oxygens (including phenoxy) is 1. The first-order valence-corrected chi connectivity index (χ1v) is 12.6. The van der Waals surface area contributed by atoms with Crippen LogP contribution in [0.25, 0.3) is 10.2 Å². The van der Waals surface area contributed by atoms with Crippen molar-refractivity contribution in [3.05, 3.63) is 40.5 Å². The first-order chi connectivity index (χ1) is 15.8. The summed E-state index contributed by atoms with van der Waals surface area (Å²) in [6.45, 7) is 8.11. The van der Waals surface area contributed by atoms with Gasteiger partial charge in [-0.1, -0.05) is 12.1 Å². The maximum atomic E-state index is 10.3. The van der Waals surface area contributed by atoms with E-state index in [2.05, 4.69) is 9.80 Å². The van der Waals surface area contributed by atoms with Crippen LogP contribution in [0.1, 0.15) is 22.7 Å². The molecule has 4 heterocycles. The standard InChI is InChI=1S/C24H29N5O2S/c30-19-6-2-1-5-18(19)28-8-10-29(11-9-28)23-22-17-4-3-7-20(17)32-24(22)26-21(25-23)16-27-12-14-31-15-13-27/h1-2,5-6,30H,3-4,7-16H2/p+1. The number of anilines is 2. The molecule has 0 unspecified atom stereocenters. The normalized spacial score (nSPS) is 19.6. The molecule has 2 aliphatic heterocycles. The Balaban J connectivity index is 1.30. The first kappa shape index (κ1) is 20.2. The molecule has 2 N–H and O–H groups in total. The summed E-state index contributed by atoms with van der Waals surface area (Å²) in [5.74, 6) is 2.46. The van der Waals surface area contributed by atoms with Gasteiger partial charge in [-0.3, -0.25) is 0 Å². The van der Waals surface area contributed by atoms with Crippen LogP contribution in [0.3, 0.4) is 0 Å². The number of morpholine rings is 1. The fourth-order valence-electron chi connectivity index (χ4n) is 5.28. The Morgan fingerprint density at radius 2 is 1.78 bits per heavy atom. The van der Waals surface area contributed by atoms with Crippen LogP contribution in [-0.4, -0.2) is 67.6 Å². The van der Waals surface area contributed by atoms with Crippen LogP contribution >= 0.6 is 11.3 Å². The van der Waals surface area contributed by atoms with E-state index in [-0.39, 0.29) is 0 Å². The molecule has 8 heteroatoms. The first-order valence-electron chi connectivity index (χ1n) is 11.8. The van der Waals surface area contributed by atoms with Gasteiger partial charge in [-0.25, -0.2) is 9.97 Å². The summed E-state index contributed by atoms with van der Waals surface area (Å²) in [4.78, 5) is 19.1. The zero-order chi connectivity index (χ0) is 21.5. The van der Waals surface area contributed by atoms with Crippen LogP contribution in [0.2, 0.25) is 0 Å². The molecule has 0 radical (unpaired) electrons. The van der Waals surface area contributed by atoms with E-state index in [0.29, 0.717) is 5.75 Å². The van der Waals surface area contributed by atoms with Crippen molar-refractivity contribution >= 4 is 33.1 Å². The summed E-state index contributed by atoms with van der Waals surface area (Å²) in [6, 6.07) is 7.64. The molecule has 2 fully saturated rings. The third-order valence-electron chi connectivity index (χ3n) is 7.00. The van der Waals surface area contributed by atoms with Crippen LogP contribution in [0.15, 0.2) is 24.3 Å². The number of fused-ring (bicyclic) bond motifs is 3. The number of rotatable bonds is 4. The Hall–Kier alpha value is -2.42. The van der Waals surface area contributed by atoms with E-state index in [9.17, 15) is 5.11 Å². The molecule has 32 heavy (non-hydrogen) atoms. The van der Waals surface area contributed by atoms with Crippen molar-refractivity contribution in [2.45, 2.75) is 25.8 Å². The summed E-state index contributed by atoms with van der Waals surface area (Å²) in [6.07, 6.45) is 3.58. The Morgan fingerprint density at radius 3 is 2.59 bits per heavy atom. The average molecular weight is 453 g/mol. The molecule has 0 saturated carbocycles. The Kier molecular flexibility index (Phi) is 5.37. The van der Waals surface area contributed by atoms with Crippen LogP contribution in [-0.2, 0) is 24.1 Å². The van der Waals surface area contributed by atoms with Crippen molar-refractivity contribution in [1.29, 1.82) is 0 Å². The number of phenols is 1. The number of hydrogen-bond donors (Lipinski definition) is 2. The highest BCUT2D eigenvalue weighted by atomic mass is 32.1. The molecule has 168 valence electrons. The average Bonchev–Trinajstić information content (AvgIpc) is 3.41. The minimum absolute atomic E-state index is 0.358. The van der Waals surface area contributed by atoms with E-state index in [1.165, 1.54) is 38.4 Å². The summed E-state index contributed by atoms with van der Waals surface area (Å²) in [5, 5.41) is 11.6.